The topological polar surface area (TPSA) is 50.8 Å². The van der Waals surface area contributed by atoms with Crippen LogP contribution in [0.5, 0.6) is 5.75 Å². The summed E-state index contributed by atoms with van der Waals surface area (Å²) in [6, 6.07) is 13.0. The highest BCUT2D eigenvalue weighted by atomic mass is 16.6. The number of methoxy groups -OCH3 is 1. The third-order valence-corrected chi connectivity index (χ3v) is 8.36. The molecule has 5 nitrogen and oxygen atoms in total. The highest BCUT2D eigenvalue weighted by molar-refractivity contribution is 5.75. The van der Waals surface area contributed by atoms with Crippen molar-refractivity contribution < 1.29 is 14.3 Å². The van der Waals surface area contributed by atoms with E-state index in [2.05, 4.69) is 81.2 Å². The molecule has 1 N–H and O–H groups in total. The van der Waals surface area contributed by atoms with Gasteiger partial charge in [0.15, 0.2) is 0 Å². The van der Waals surface area contributed by atoms with Gasteiger partial charge in [-0.05, 0) is 83.5 Å². The minimum Gasteiger partial charge on any atom is -0.496 e. The zero-order chi connectivity index (χ0) is 25.0. The van der Waals surface area contributed by atoms with Crippen LogP contribution in [0.15, 0.2) is 36.4 Å². The van der Waals surface area contributed by atoms with Crippen molar-refractivity contribution in [3.8, 4) is 16.9 Å². The minimum absolute atomic E-state index is 0.00786. The van der Waals surface area contributed by atoms with E-state index in [9.17, 15) is 4.79 Å². The fraction of sp³-hybridized carbons (Fsp3) is 0.567. The molecule has 3 saturated heterocycles. The molecule has 35 heavy (non-hydrogen) atoms. The molecule has 188 valence electrons. The average Bonchev–Trinajstić information content (AvgIpc) is 3.07. The lowest BCUT2D eigenvalue weighted by atomic mass is 9.85. The second-order valence-electron chi connectivity index (χ2n) is 12.4. The fourth-order valence-corrected chi connectivity index (χ4v) is 6.23. The number of benzene rings is 2. The number of piperidine rings is 3. The van der Waals surface area contributed by atoms with Gasteiger partial charge < -0.3 is 14.8 Å². The van der Waals surface area contributed by atoms with E-state index in [1.165, 1.54) is 11.1 Å². The lowest BCUT2D eigenvalue weighted by Gasteiger charge is -2.44. The minimum atomic E-state index is -0.296. The molecule has 1 aliphatic carbocycles. The van der Waals surface area contributed by atoms with E-state index in [0.29, 0.717) is 5.92 Å². The number of nitrogens with zero attached hydrogens (tertiary/aromatic N) is 1. The first-order valence-corrected chi connectivity index (χ1v) is 13.1. The molecule has 3 fully saturated rings. The standard InChI is InChI=1S/C30H40N2O3/c1-29(2,3)22-9-7-8-20(14-22)23-15-21-17-30(4,5)27(24(21)16-25(23)34-6)31-28(33)35-26-18-32-12-10-19(26)11-13-32/h7-9,14-16,19,26-27H,10-13,17-18H2,1-6H3,(H,31,33)/t26-,27?/m1/s1. The van der Waals surface area contributed by atoms with Crippen molar-refractivity contribution in [3.63, 3.8) is 0 Å². The summed E-state index contributed by atoms with van der Waals surface area (Å²) in [4.78, 5) is 15.4. The largest absolute Gasteiger partial charge is 0.496 e. The molecule has 6 rings (SSSR count). The second-order valence-corrected chi connectivity index (χ2v) is 12.4. The molecule has 2 atom stereocenters. The van der Waals surface area contributed by atoms with E-state index in [4.69, 9.17) is 9.47 Å². The Morgan fingerprint density at radius 1 is 1.11 bits per heavy atom. The first-order valence-electron chi connectivity index (χ1n) is 13.1. The van der Waals surface area contributed by atoms with Crippen molar-refractivity contribution in [3.05, 3.63) is 53.1 Å². The van der Waals surface area contributed by atoms with Gasteiger partial charge in [-0.25, -0.2) is 4.79 Å². The molecule has 0 aromatic heterocycles. The van der Waals surface area contributed by atoms with Crippen LogP contribution in [0, 0.1) is 11.3 Å². The summed E-state index contributed by atoms with van der Waals surface area (Å²) in [5.41, 5.74) is 5.91. The molecule has 0 spiro atoms. The Morgan fingerprint density at radius 2 is 1.86 bits per heavy atom. The van der Waals surface area contributed by atoms with E-state index in [0.717, 1.165) is 61.3 Å². The molecule has 2 bridgehead atoms. The molecule has 0 radical (unpaired) electrons. The third kappa shape index (κ3) is 4.67. The van der Waals surface area contributed by atoms with Gasteiger partial charge in [-0.1, -0.05) is 58.9 Å². The maximum absolute atomic E-state index is 13.0. The predicted octanol–water partition coefficient (Wildman–Crippen LogP) is 6.10. The summed E-state index contributed by atoms with van der Waals surface area (Å²) < 4.78 is 11.8. The van der Waals surface area contributed by atoms with E-state index >= 15 is 0 Å². The van der Waals surface area contributed by atoms with Crippen LogP contribution in [0.25, 0.3) is 11.1 Å². The summed E-state index contributed by atoms with van der Waals surface area (Å²) in [6.07, 6.45) is 2.87. The maximum Gasteiger partial charge on any atom is 0.407 e. The fourth-order valence-electron chi connectivity index (χ4n) is 6.23. The number of ether oxygens (including phenoxy) is 2. The maximum atomic E-state index is 13.0. The van der Waals surface area contributed by atoms with Gasteiger partial charge in [-0.15, -0.1) is 0 Å². The Balaban J connectivity index is 1.41. The van der Waals surface area contributed by atoms with Crippen LogP contribution in [0.4, 0.5) is 4.79 Å². The Hall–Kier alpha value is -2.53. The molecular formula is C30H40N2O3. The first kappa shape index (κ1) is 24.2. The molecule has 1 unspecified atom stereocenters. The van der Waals surface area contributed by atoms with Gasteiger partial charge in [0, 0.05) is 12.1 Å². The summed E-state index contributed by atoms with van der Waals surface area (Å²) in [7, 11) is 1.73. The number of fused-ring (bicyclic) bond motifs is 4. The van der Waals surface area contributed by atoms with Crippen molar-refractivity contribution in [1.29, 1.82) is 0 Å². The van der Waals surface area contributed by atoms with Gasteiger partial charge in [0.25, 0.3) is 0 Å². The van der Waals surface area contributed by atoms with Crippen LogP contribution in [0.1, 0.15) is 70.2 Å². The number of carbonyl (C=O) groups excluding carboxylic acids is 1. The molecule has 4 aliphatic rings. The summed E-state index contributed by atoms with van der Waals surface area (Å²) in [5, 5.41) is 3.24. The summed E-state index contributed by atoms with van der Waals surface area (Å²) in [5.74, 6) is 1.34. The number of nitrogens with one attached hydrogen (secondary N) is 1. The Morgan fingerprint density at radius 3 is 2.49 bits per heavy atom. The lowest BCUT2D eigenvalue weighted by Crippen LogP contribution is -2.53. The molecule has 3 aliphatic heterocycles. The molecule has 1 amide bonds. The van der Waals surface area contributed by atoms with Crippen LogP contribution in [-0.4, -0.2) is 43.8 Å². The number of amides is 1. The van der Waals surface area contributed by atoms with E-state index in [-0.39, 0.29) is 29.1 Å². The average molecular weight is 477 g/mol. The second kappa shape index (κ2) is 8.85. The van der Waals surface area contributed by atoms with Gasteiger partial charge >= 0.3 is 6.09 Å². The first-order chi connectivity index (χ1) is 16.5. The van der Waals surface area contributed by atoms with Crippen molar-refractivity contribution in [2.45, 2.75) is 71.4 Å². The Kier molecular flexibility index (Phi) is 6.11. The molecular weight excluding hydrogens is 436 g/mol. The van der Waals surface area contributed by atoms with Gasteiger partial charge in [-0.2, -0.15) is 0 Å². The number of hydrogen-bond donors (Lipinski definition) is 1. The van der Waals surface area contributed by atoms with E-state index < -0.39 is 0 Å². The van der Waals surface area contributed by atoms with Crippen LogP contribution >= 0.6 is 0 Å². The van der Waals surface area contributed by atoms with Crippen LogP contribution in [0.3, 0.4) is 0 Å². The normalized spacial score (nSPS) is 26.8. The Labute approximate surface area is 210 Å². The quantitative estimate of drug-likeness (QED) is 0.579. The highest BCUT2D eigenvalue weighted by Gasteiger charge is 2.42. The smallest absolute Gasteiger partial charge is 0.407 e. The molecule has 5 heteroatoms. The number of alkyl carbamates (subject to hydrolysis) is 1. The van der Waals surface area contributed by atoms with Crippen LogP contribution < -0.4 is 10.1 Å². The van der Waals surface area contributed by atoms with E-state index in [1.807, 2.05) is 0 Å². The Bertz CT molecular complexity index is 1110. The summed E-state index contributed by atoms with van der Waals surface area (Å²) >= 11 is 0. The van der Waals surface area contributed by atoms with Crippen molar-refractivity contribution in [2.24, 2.45) is 11.3 Å². The zero-order valence-corrected chi connectivity index (χ0v) is 22.1. The van der Waals surface area contributed by atoms with Gasteiger partial charge in [-0.3, -0.25) is 4.90 Å². The monoisotopic (exact) mass is 476 g/mol. The van der Waals surface area contributed by atoms with Crippen molar-refractivity contribution >= 4 is 6.09 Å². The number of carbonyl (C=O) groups is 1. The molecule has 2 aromatic rings. The summed E-state index contributed by atoms with van der Waals surface area (Å²) in [6.45, 7) is 14.3. The van der Waals surface area contributed by atoms with Crippen molar-refractivity contribution in [1.82, 2.24) is 10.2 Å². The number of rotatable bonds is 4. The third-order valence-electron chi connectivity index (χ3n) is 8.36. The van der Waals surface area contributed by atoms with Crippen LogP contribution in [0.2, 0.25) is 0 Å². The van der Waals surface area contributed by atoms with Gasteiger partial charge in [0.1, 0.15) is 11.9 Å². The lowest BCUT2D eigenvalue weighted by molar-refractivity contribution is -0.0349. The number of hydrogen-bond acceptors (Lipinski definition) is 4. The van der Waals surface area contributed by atoms with Gasteiger partial charge in [0.2, 0.25) is 0 Å². The van der Waals surface area contributed by atoms with Crippen LogP contribution in [-0.2, 0) is 16.6 Å². The predicted molar refractivity (Wildman–Crippen MR) is 140 cm³/mol. The zero-order valence-electron chi connectivity index (χ0n) is 22.1. The van der Waals surface area contributed by atoms with E-state index in [1.54, 1.807) is 7.11 Å². The molecule has 3 heterocycles. The highest BCUT2D eigenvalue weighted by Crippen LogP contribution is 2.49. The molecule has 2 aromatic carbocycles. The SMILES string of the molecule is COc1cc2c(cc1-c1cccc(C(C)(C)C)c1)CC(C)(C)C2NC(=O)O[C@@H]1CN2CCC1CC2. The van der Waals surface area contributed by atoms with Crippen molar-refractivity contribution in [2.75, 3.05) is 26.7 Å². The van der Waals surface area contributed by atoms with Gasteiger partial charge in [0.05, 0.1) is 13.2 Å². The molecule has 0 saturated carbocycles.